The normalized spacial score (nSPS) is 28.3. The Hall–Kier alpha value is -2.32. The highest BCUT2D eigenvalue weighted by molar-refractivity contribution is 6.35. The second-order valence-corrected chi connectivity index (χ2v) is 7.24. The lowest BCUT2D eigenvalue weighted by Gasteiger charge is -2.46. The topological polar surface area (TPSA) is 204 Å². The van der Waals surface area contributed by atoms with E-state index in [0.29, 0.717) is 0 Å². The number of amides is 3. The third-order valence-corrected chi connectivity index (χ3v) is 4.43. The van der Waals surface area contributed by atoms with Gasteiger partial charge in [-0.1, -0.05) is 0 Å². The van der Waals surface area contributed by atoms with Crippen LogP contribution in [-0.2, 0) is 28.7 Å². The van der Waals surface area contributed by atoms with E-state index in [1.54, 1.807) is 13.8 Å². The minimum atomic E-state index is -2.33. The maximum Gasteiger partial charge on any atom is 0.364 e. The van der Waals surface area contributed by atoms with Gasteiger partial charge >= 0.3 is 17.8 Å². The van der Waals surface area contributed by atoms with Gasteiger partial charge in [-0.3, -0.25) is 14.4 Å². The SMILES string of the molecule is CO[C@]1(C(=O)O)C[C@H](O)[C@@H](NC(C)=O)[C@H]([C@H](O)[C@H](O)CNC(=O)C(=O)NC(C)C)O1. The van der Waals surface area contributed by atoms with Crippen molar-refractivity contribution in [1.29, 1.82) is 0 Å². The molecule has 0 bridgehead atoms. The molecule has 7 N–H and O–H groups in total. The molecule has 0 spiro atoms. The maximum absolute atomic E-state index is 11.7. The van der Waals surface area contributed by atoms with Gasteiger partial charge in [0.25, 0.3) is 5.79 Å². The van der Waals surface area contributed by atoms with Gasteiger partial charge in [0.15, 0.2) is 0 Å². The van der Waals surface area contributed by atoms with Crippen LogP contribution in [0.25, 0.3) is 0 Å². The number of aliphatic hydroxyl groups is 3. The Morgan fingerprint density at radius 3 is 2.27 bits per heavy atom. The molecule has 1 aliphatic rings. The summed E-state index contributed by atoms with van der Waals surface area (Å²) in [5, 5.41) is 47.3. The molecule has 30 heavy (non-hydrogen) atoms. The Balaban J connectivity index is 2.96. The van der Waals surface area contributed by atoms with Crippen molar-refractivity contribution in [3.63, 3.8) is 0 Å². The molecule has 0 aromatic carbocycles. The standard InChI is InChI=1S/C17H29N3O10/c1-7(2)19-15(26)14(25)18-6-10(23)12(24)13-11(20-8(3)21)9(22)5-17(29-4,30-13)16(27)28/h7,9-13,22-24H,5-6H2,1-4H3,(H,18,25)(H,19,26)(H,20,21)(H,27,28)/t9-,10+,11+,12+,13+,17+/m0/s1. The number of methoxy groups -OCH3 is 1. The van der Waals surface area contributed by atoms with Crippen LogP contribution in [0, 0.1) is 0 Å². The summed E-state index contributed by atoms with van der Waals surface area (Å²) in [7, 11) is 1.02. The van der Waals surface area contributed by atoms with E-state index in [9.17, 15) is 39.6 Å². The minimum absolute atomic E-state index is 0.299. The Morgan fingerprint density at radius 2 is 1.80 bits per heavy atom. The van der Waals surface area contributed by atoms with E-state index < -0.39 is 72.9 Å². The van der Waals surface area contributed by atoms with Crippen LogP contribution < -0.4 is 16.0 Å². The van der Waals surface area contributed by atoms with Crippen molar-refractivity contribution in [1.82, 2.24) is 16.0 Å². The number of aliphatic carboxylic acids is 1. The zero-order valence-electron chi connectivity index (χ0n) is 17.1. The van der Waals surface area contributed by atoms with Crippen LogP contribution in [0.5, 0.6) is 0 Å². The van der Waals surface area contributed by atoms with Gasteiger partial charge < -0.3 is 45.9 Å². The summed E-state index contributed by atoms with van der Waals surface area (Å²) in [6, 6.07) is -1.58. The first-order chi connectivity index (χ1) is 13.8. The highest BCUT2D eigenvalue weighted by Crippen LogP contribution is 2.32. The fraction of sp³-hybridized carbons (Fsp3) is 0.765. The van der Waals surface area contributed by atoms with Crippen molar-refractivity contribution in [2.75, 3.05) is 13.7 Å². The largest absolute Gasteiger partial charge is 0.477 e. The number of hydrogen-bond acceptors (Lipinski definition) is 9. The van der Waals surface area contributed by atoms with Gasteiger partial charge in [0.05, 0.1) is 18.2 Å². The van der Waals surface area contributed by atoms with Gasteiger partial charge in [-0.05, 0) is 13.8 Å². The Morgan fingerprint density at radius 1 is 1.20 bits per heavy atom. The number of ether oxygens (including phenoxy) is 2. The van der Waals surface area contributed by atoms with Gasteiger partial charge in [0.1, 0.15) is 12.2 Å². The Labute approximate surface area is 172 Å². The summed E-state index contributed by atoms with van der Waals surface area (Å²) < 4.78 is 10.2. The fourth-order valence-corrected chi connectivity index (χ4v) is 2.96. The molecule has 6 atom stereocenters. The molecule has 1 rings (SSSR count). The second kappa shape index (κ2) is 10.6. The molecule has 172 valence electrons. The third kappa shape index (κ3) is 6.34. The predicted octanol–water partition coefficient (Wildman–Crippen LogP) is -3.57. The van der Waals surface area contributed by atoms with Crippen LogP contribution in [0.15, 0.2) is 0 Å². The molecule has 13 nitrogen and oxygen atoms in total. The van der Waals surface area contributed by atoms with Crippen molar-refractivity contribution >= 4 is 23.7 Å². The van der Waals surface area contributed by atoms with E-state index in [-0.39, 0.29) is 6.04 Å². The van der Waals surface area contributed by atoms with Gasteiger partial charge in [-0.2, -0.15) is 0 Å². The smallest absolute Gasteiger partial charge is 0.364 e. The van der Waals surface area contributed by atoms with Crippen molar-refractivity contribution in [2.24, 2.45) is 0 Å². The van der Waals surface area contributed by atoms with Gasteiger partial charge in [-0.15, -0.1) is 0 Å². The molecule has 0 aromatic rings. The van der Waals surface area contributed by atoms with Crippen LogP contribution in [0.2, 0.25) is 0 Å². The van der Waals surface area contributed by atoms with Crippen molar-refractivity contribution in [2.45, 2.75) is 69.5 Å². The third-order valence-electron chi connectivity index (χ3n) is 4.43. The molecule has 3 amide bonds. The summed E-state index contributed by atoms with van der Waals surface area (Å²) in [5.74, 6) is -6.53. The first kappa shape index (κ1) is 25.7. The monoisotopic (exact) mass is 435 g/mol. The average Bonchev–Trinajstić information content (AvgIpc) is 2.65. The molecule has 1 fully saturated rings. The first-order valence-corrected chi connectivity index (χ1v) is 9.21. The molecular weight excluding hydrogens is 406 g/mol. The highest BCUT2D eigenvalue weighted by Gasteiger charge is 2.55. The number of carboxylic acid groups (broad SMARTS) is 1. The van der Waals surface area contributed by atoms with Crippen molar-refractivity contribution in [3.8, 4) is 0 Å². The van der Waals surface area contributed by atoms with E-state index in [0.717, 1.165) is 14.0 Å². The zero-order chi connectivity index (χ0) is 23.2. The second-order valence-electron chi connectivity index (χ2n) is 7.24. The summed E-state index contributed by atoms with van der Waals surface area (Å²) in [5.41, 5.74) is 0. The van der Waals surface area contributed by atoms with E-state index in [1.165, 1.54) is 0 Å². The van der Waals surface area contributed by atoms with Crippen LogP contribution in [0.3, 0.4) is 0 Å². The van der Waals surface area contributed by atoms with E-state index in [1.807, 2.05) is 0 Å². The number of nitrogens with one attached hydrogen (secondary N) is 3. The molecule has 0 radical (unpaired) electrons. The summed E-state index contributed by atoms with van der Waals surface area (Å²) in [4.78, 5) is 46.4. The number of hydrogen-bond donors (Lipinski definition) is 7. The van der Waals surface area contributed by atoms with Gasteiger partial charge in [0, 0.05) is 33.0 Å². The quantitative estimate of drug-likeness (QED) is 0.187. The number of carbonyl (C=O) groups is 4. The van der Waals surface area contributed by atoms with Crippen LogP contribution in [-0.4, -0.2) is 100 Å². The average molecular weight is 435 g/mol. The molecule has 1 saturated heterocycles. The summed E-state index contributed by atoms with van der Waals surface area (Å²) in [6.45, 7) is 3.82. The van der Waals surface area contributed by atoms with Crippen LogP contribution >= 0.6 is 0 Å². The molecule has 0 aromatic heterocycles. The van der Waals surface area contributed by atoms with Crippen LogP contribution in [0.4, 0.5) is 0 Å². The van der Waals surface area contributed by atoms with E-state index in [4.69, 9.17) is 9.47 Å². The summed E-state index contributed by atoms with van der Waals surface area (Å²) in [6.07, 6.45) is -7.30. The molecule has 1 aliphatic heterocycles. The fourth-order valence-electron chi connectivity index (χ4n) is 2.96. The molecule has 13 heteroatoms. The first-order valence-electron chi connectivity index (χ1n) is 9.21. The lowest BCUT2D eigenvalue weighted by atomic mass is 9.88. The van der Waals surface area contributed by atoms with Gasteiger partial charge in [0.2, 0.25) is 5.91 Å². The van der Waals surface area contributed by atoms with Gasteiger partial charge in [-0.25, -0.2) is 4.79 Å². The molecule has 1 heterocycles. The number of carboxylic acids is 1. The molecule has 0 saturated carbocycles. The molecular formula is C17H29N3O10. The minimum Gasteiger partial charge on any atom is -0.477 e. The predicted molar refractivity (Wildman–Crippen MR) is 98.8 cm³/mol. The lowest BCUT2D eigenvalue weighted by molar-refractivity contribution is -0.303. The lowest BCUT2D eigenvalue weighted by Crippen LogP contribution is -2.68. The van der Waals surface area contributed by atoms with Crippen LogP contribution in [0.1, 0.15) is 27.2 Å². The van der Waals surface area contributed by atoms with Crippen molar-refractivity contribution < 1.29 is 49.1 Å². The maximum atomic E-state index is 11.7. The zero-order valence-corrected chi connectivity index (χ0v) is 17.1. The number of aliphatic hydroxyl groups excluding tert-OH is 3. The Kier molecular flexibility index (Phi) is 9.11. The number of rotatable bonds is 8. The van der Waals surface area contributed by atoms with E-state index >= 15 is 0 Å². The molecule has 0 unspecified atom stereocenters. The number of carbonyl (C=O) groups excluding carboxylic acids is 3. The Bertz CT molecular complexity index is 658. The molecule has 0 aliphatic carbocycles. The summed E-state index contributed by atoms with van der Waals surface area (Å²) >= 11 is 0. The van der Waals surface area contributed by atoms with E-state index in [2.05, 4.69) is 16.0 Å². The van der Waals surface area contributed by atoms with Crippen molar-refractivity contribution in [3.05, 3.63) is 0 Å². The highest BCUT2D eigenvalue weighted by atomic mass is 16.7.